The second-order valence-electron chi connectivity index (χ2n) is 5.22. The van der Waals surface area contributed by atoms with Crippen LogP contribution in [0.3, 0.4) is 0 Å². The number of carboxylic acids is 1. The number of carbonyl (C=O) groups is 1. The van der Waals surface area contributed by atoms with Crippen molar-refractivity contribution in [3.63, 3.8) is 0 Å². The Balaban J connectivity index is 2.02. The molecule has 1 unspecified atom stereocenters. The third kappa shape index (κ3) is 2.20. The lowest BCUT2D eigenvalue weighted by molar-refractivity contribution is -0.142. The summed E-state index contributed by atoms with van der Waals surface area (Å²) in [6.07, 6.45) is 1.07. The van der Waals surface area contributed by atoms with Gasteiger partial charge in [0.2, 0.25) is 0 Å². The second-order valence-corrected chi connectivity index (χ2v) is 5.58. The Morgan fingerprint density at radius 1 is 1.40 bits per heavy atom. The standard InChI is InChI=1S/C15H15ClN2O2/c1-9-2-4-10(5-3-9)14-17-13(16)12-8-11(15(19)20)6-7-18(12)14/h2-5,11H,6-8H2,1H3,(H,19,20). The summed E-state index contributed by atoms with van der Waals surface area (Å²) in [6, 6.07) is 8.11. The zero-order valence-electron chi connectivity index (χ0n) is 11.1. The van der Waals surface area contributed by atoms with E-state index in [0.29, 0.717) is 24.5 Å². The Kier molecular flexibility index (Phi) is 3.26. The van der Waals surface area contributed by atoms with Crippen molar-refractivity contribution in [3.8, 4) is 11.4 Å². The van der Waals surface area contributed by atoms with E-state index in [1.54, 1.807) is 0 Å². The number of rotatable bonds is 2. The quantitative estimate of drug-likeness (QED) is 0.924. The van der Waals surface area contributed by atoms with Crippen LogP contribution in [-0.2, 0) is 17.8 Å². The van der Waals surface area contributed by atoms with Crippen LogP contribution in [0.2, 0.25) is 5.15 Å². The summed E-state index contributed by atoms with van der Waals surface area (Å²) in [6.45, 7) is 2.68. The van der Waals surface area contributed by atoms with Crippen LogP contribution < -0.4 is 0 Å². The molecule has 104 valence electrons. The van der Waals surface area contributed by atoms with E-state index in [1.807, 2.05) is 35.8 Å². The fourth-order valence-corrected chi connectivity index (χ4v) is 2.91. The van der Waals surface area contributed by atoms with Gasteiger partial charge in [-0.3, -0.25) is 4.79 Å². The van der Waals surface area contributed by atoms with Crippen LogP contribution in [0.4, 0.5) is 0 Å². The average molecular weight is 291 g/mol. The molecule has 1 aliphatic heterocycles. The Labute approximate surface area is 122 Å². The van der Waals surface area contributed by atoms with E-state index in [9.17, 15) is 4.79 Å². The number of hydrogen-bond donors (Lipinski definition) is 1. The maximum Gasteiger partial charge on any atom is 0.306 e. The summed E-state index contributed by atoms with van der Waals surface area (Å²) in [7, 11) is 0. The molecule has 1 atom stereocenters. The predicted octanol–water partition coefficient (Wildman–Crippen LogP) is 3.16. The highest BCUT2D eigenvalue weighted by atomic mass is 35.5. The molecule has 0 fully saturated rings. The van der Waals surface area contributed by atoms with E-state index < -0.39 is 5.97 Å². The Morgan fingerprint density at radius 3 is 2.75 bits per heavy atom. The second kappa shape index (κ2) is 4.94. The van der Waals surface area contributed by atoms with E-state index in [4.69, 9.17) is 16.7 Å². The molecule has 1 aromatic carbocycles. The van der Waals surface area contributed by atoms with Crippen molar-refractivity contribution >= 4 is 17.6 Å². The Bertz CT molecular complexity index is 661. The Morgan fingerprint density at radius 2 is 2.10 bits per heavy atom. The molecule has 2 aromatic rings. The number of aliphatic carboxylic acids is 1. The van der Waals surface area contributed by atoms with Crippen LogP contribution in [0.5, 0.6) is 0 Å². The summed E-state index contributed by atoms with van der Waals surface area (Å²) >= 11 is 6.19. The van der Waals surface area contributed by atoms with Crippen molar-refractivity contribution in [3.05, 3.63) is 40.7 Å². The molecule has 0 radical (unpaired) electrons. The highest BCUT2D eigenvalue weighted by Crippen LogP contribution is 2.32. The molecule has 0 saturated heterocycles. The Hall–Kier alpha value is -1.81. The van der Waals surface area contributed by atoms with Gasteiger partial charge in [-0.1, -0.05) is 41.4 Å². The highest BCUT2D eigenvalue weighted by Gasteiger charge is 2.29. The minimum absolute atomic E-state index is 0.359. The van der Waals surface area contributed by atoms with Crippen molar-refractivity contribution in [2.45, 2.75) is 26.3 Å². The fraction of sp³-hybridized carbons (Fsp3) is 0.333. The van der Waals surface area contributed by atoms with E-state index in [1.165, 1.54) is 5.56 Å². The fourth-order valence-electron chi connectivity index (χ4n) is 2.65. The van der Waals surface area contributed by atoms with Gasteiger partial charge in [-0.25, -0.2) is 4.98 Å². The molecular formula is C15H15ClN2O2. The van der Waals surface area contributed by atoms with E-state index >= 15 is 0 Å². The monoisotopic (exact) mass is 290 g/mol. The van der Waals surface area contributed by atoms with Gasteiger partial charge in [0.05, 0.1) is 11.6 Å². The van der Waals surface area contributed by atoms with Gasteiger partial charge in [-0.05, 0) is 13.3 Å². The number of aromatic nitrogens is 2. The van der Waals surface area contributed by atoms with Crippen molar-refractivity contribution in [2.24, 2.45) is 5.92 Å². The van der Waals surface area contributed by atoms with Crippen LogP contribution in [-0.4, -0.2) is 20.6 Å². The number of aryl methyl sites for hydroxylation is 1. The van der Waals surface area contributed by atoms with Gasteiger partial charge in [0.25, 0.3) is 0 Å². The lowest BCUT2D eigenvalue weighted by Gasteiger charge is -2.22. The van der Waals surface area contributed by atoms with Gasteiger partial charge in [0, 0.05) is 18.5 Å². The van der Waals surface area contributed by atoms with Crippen molar-refractivity contribution in [1.29, 1.82) is 0 Å². The normalized spacial score (nSPS) is 17.8. The van der Waals surface area contributed by atoms with E-state index in [2.05, 4.69) is 4.98 Å². The lowest BCUT2D eigenvalue weighted by atomic mass is 9.96. The van der Waals surface area contributed by atoms with Gasteiger partial charge in [-0.15, -0.1) is 0 Å². The van der Waals surface area contributed by atoms with Gasteiger partial charge < -0.3 is 9.67 Å². The third-order valence-electron chi connectivity index (χ3n) is 3.82. The largest absolute Gasteiger partial charge is 0.481 e. The number of carboxylic acid groups (broad SMARTS) is 1. The third-order valence-corrected chi connectivity index (χ3v) is 4.13. The first kappa shape index (κ1) is 13.2. The van der Waals surface area contributed by atoms with Crippen LogP contribution in [0.25, 0.3) is 11.4 Å². The summed E-state index contributed by atoms with van der Waals surface area (Å²) in [5.41, 5.74) is 3.04. The molecule has 2 heterocycles. The van der Waals surface area contributed by atoms with E-state index in [-0.39, 0.29) is 5.92 Å². The van der Waals surface area contributed by atoms with Crippen molar-refractivity contribution in [2.75, 3.05) is 0 Å². The molecule has 5 heteroatoms. The van der Waals surface area contributed by atoms with Crippen LogP contribution in [0.15, 0.2) is 24.3 Å². The van der Waals surface area contributed by atoms with Crippen LogP contribution in [0.1, 0.15) is 17.7 Å². The topological polar surface area (TPSA) is 55.1 Å². The van der Waals surface area contributed by atoms with Crippen LogP contribution in [0, 0.1) is 12.8 Å². The molecule has 20 heavy (non-hydrogen) atoms. The maximum absolute atomic E-state index is 11.1. The zero-order valence-corrected chi connectivity index (χ0v) is 11.9. The molecule has 0 amide bonds. The van der Waals surface area contributed by atoms with Gasteiger partial charge >= 0.3 is 5.97 Å². The van der Waals surface area contributed by atoms with Crippen molar-refractivity contribution in [1.82, 2.24) is 9.55 Å². The minimum atomic E-state index is -0.759. The number of hydrogen-bond acceptors (Lipinski definition) is 2. The molecular weight excluding hydrogens is 276 g/mol. The molecule has 0 saturated carbocycles. The number of fused-ring (bicyclic) bond motifs is 1. The van der Waals surface area contributed by atoms with Gasteiger partial charge in [0.15, 0.2) is 5.15 Å². The number of imidazole rings is 1. The van der Waals surface area contributed by atoms with Crippen LogP contribution >= 0.6 is 11.6 Å². The average Bonchev–Trinajstić information content (AvgIpc) is 2.76. The summed E-state index contributed by atoms with van der Waals surface area (Å²) in [5.74, 6) is -0.290. The first-order valence-electron chi connectivity index (χ1n) is 6.61. The first-order valence-corrected chi connectivity index (χ1v) is 6.99. The molecule has 4 nitrogen and oxygen atoms in total. The van der Waals surface area contributed by atoms with Gasteiger partial charge in [0.1, 0.15) is 5.82 Å². The SMILES string of the molecule is Cc1ccc(-c2nc(Cl)c3n2CCC(C(=O)O)C3)cc1. The number of benzene rings is 1. The molecule has 0 spiro atoms. The molecule has 1 N–H and O–H groups in total. The summed E-state index contributed by atoms with van der Waals surface area (Å²) in [5, 5.41) is 9.56. The zero-order chi connectivity index (χ0) is 14.3. The number of nitrogens with zero attached hydrogens (tertiary/aromatic N) is 2. The lowest BCUT2D eigenvalue weighted by Crippen LogP contribution is -2.25. The predicted molar refractivity (Wildman–Crippen MR) is 76.9 cm³/mol. The molecule has 1 aliphatic rings. The van der Waals surface area contributed by atoms with E-state index in [0.717, 1.165) is 17.1 Å². The molecule has 0 aliphatic carbocycles. The molecule has 1 aromatic heterocycles. The van der Waals surface area contributed by atoms with Gasteiger partial charge in [-0.2, -0.15) is 0 Å². The first-order chi connectivity index (χ1) is 9.56. The number of halogens is 1. The maximum atomic E-state index is 11.1. The molecule has 0 bridgehead atoms. The minimum Gasteiger partial charge on any atom is -0.481 e. The summed E-state index contributed by atoms with van der Waals surface area (Å²) < 4.78 is 2.05. The van der Waals surface area contributed by atoms with Crippen molar-refractivity contribution < 1.29 is 9.90 Å². The summed E-state index contributed by atoms with van der Waals surface area (Å²) in [4.78, 5) is 15.5. The highest BCUT2D eigenvalue weighted by molar-refractivity contribution is 6.30. The smallest absolute Gasteiger partial charge is 0.306 e. The molecule has 3 rings (SSSR count).